The van der Waals surface area contributed by atoms with Gasteiger partial charge in [-0.2, -0.15) is 0 Å². The summed E-state index contributed by atoms with van der Waals surface area (Å²) in [6, 6.07) is 9.04. The summed E-state index contributed by atoms with van der Waals surface area (Å²) in [6.07, 6.45) is 0.795. The predicted octanol–water partition coefficient (Wildman–Crippen LogP) is 1.88. The van der Waals surface area contributed by atoms with Crippen LogP contribution in [-0.2, 0) is 9.59 Å². The number of carbonyl (C=O) groups is 2. The maximum absolute atomic E-state index is 12.2. The molecule has 1 aromatic carbocycles. The van der Waals surface area contributed by atoms with E-state index in [4.69, 9.17) is 12.2 Å². The van der Waals surface area contributed by atoms with Crippen molar-refractivity contribution in [1.29, 1.82) is 0 Å². The van der Waals surface area contributed by atoms with Gasteiger partial charge in [-0.15, -0.1) is 0 Å². The van der Waals surface area contributed by atoms with Gasteiger partial charge in [0.1, 0.15) is 0 Å². The molecule has 0 unspecified atom stereocenters. The number of carbonyl (C=O) groups excluding carboxylic acids is 2. The monoisotopic (exact) mass is 319 g/mol. The number of anilines is 1. The van der Waals surface area contributed by atoms with Crippen LogP contribution < -0.4 is 4.90 Å². The van der Waals surface area contributed by atoms with Crippen molar-refractivity contribution in [3.05, 3.63) is 30.3 Å². The fourth-order valence-corrected chi connectivity index (χ4v) is 2.86. The second-order valence-corrected chi connectivity index (χ2v) is 5.46. The lowest BCUT2D eigenvalue weighted by molar-refractivity contribution is -0.139. The summed E-state index contributed by atoms with van der Waals surface area (Å²) in [5.74, 6) is -1.10. The maximum atomic E-state index is 12.2. The third-order valence-corrected chi connectivity index (χ3v) is 4.22. The van der Waals surface area contributed by atoms with E-state index in [1.165, 1.54) is 9.80 Å². The van der Waals surface area contributed by atoms with Gasteiger partial charge >= 0.3 is 11.8 Å². The third-order valence-electron chi connectivity index (χ3n) is 3.82. The SMILES string of the molecule is CCN(CC)CCCN1C(=O)C(=O)N(c2ccccc2)C1=S. The maximum Gasteiger partial charge on any atom is 0.323 e. The summed E-state index contributed by atoms with van der Waals surface area (Å²) in [6.45, 7) is 7.53. The Labute approximate surface area is 136 Å². The van der Waals surface area contributed by atoms with E-state index in [0.717, 1.165) is 26.1 Å². The van der Waals surface area contributed by atoms with Crippen LogP contribution in [0.3, 0.4) is 0 Å². The Morgan fingerprint density at radius 2 is 1.68 bits per heavy atom. The minimum Gasteiger partial charge on any atom is -0.304 e. The molecule has 0 aromatic heterocycles. The van der Waals surface area contributed by atoms with Crippen molar-refractivity contribution in [1.82, 2.24) is 9.80 Å². The summed E-state index contributed by atoms with van der Waals surface area (Å²) in [7, 11) is 0. The van der Waals surface area contributed by atoms with Crippen LogP contribution in [0.4, 0.5) is 5.69 Å². The van der Waals surface area contributed by atoms with E-state index in [1.807, 2.05) is 18.2 Å². The standard InChI is InChI=1S/C16H21N3O2S/c1-3-17(4-2)11-8-12-18-14(20)15(21)19(16(18)22)13-9-6-5-7-10-13/h5-7,9-10H,3-4,8,11-12H2,1-2H3. The molecule has 5 nitrogen and oxygen atoms in total. The second-order valence-electron chi connectivity index (χ2n) is 5.10. The fraction of sp³-hybridized carbons (Fsp3) is 0.438. The van der Waals surface area contributed by atoms with Crippen LogP contribution in [0.25, 0.3) is 0 Å². The van der Waals surface area contributed by atoms with Gasteiger partial charge in [0.2, 0.25) is 0 Å². The van der Waals surface area contributed by atoms with Crippen molar-refractivity contribution >= 4 is 34.8 Å². The molecule has 118 valence electrons. The first-order valence-electron chi connectivity index (χ1n) is 7.57. The number of hydrogen-bond acceptors (Lipinski definition) is 4. The lowest BCUT2D eigenvalue weighted by atomic mass is 10.3. The molecule has 0 spiro atoms. The Kier molecular flexibility index (Phi) is 5.63. The van der Waals surface area contributed by atoms with Crippen LogP contribution in [0.15, 0.2) is 30.3 Å². The zero-order valence-electron chi connectivity index (χ0n) is 13.0. The van der Waals surface area contributed by atoms with Crippen LogP contribution in [0.5, 0.6) is 0 Å². The van der Waals surface area contributed by atoms with Gasteiger partial charge in [-0.05, 0) is 50.4 Å². The molecule has 0 aliphatic carbocycles. The van der Waals surface area contributed by atoms with E-state index < -0.39 is 11.8 Å². The first-order chi connectivity index (χ1) is 10.6. The molecule has 2 rings (SSSR count). The number of benzene rings is 1. The van der Waals surface area contributed by atoms with Crippen molar-refractivity contribution < 1.29 is 9.59 Å². The number of nitrogens with zero attached hydrogens (tertiary/aromatic N) is 3. The minimum absolute atomic E-state index is 0.278. The van der Waals surface area contributed by atoms with Gasteiger partial charge in [0.05, 0.1) is 5.69 Å². The van der Waals surface area contributed by atoms with Crippen LogP contribution in [0, 0.1) is 0 Å². The van der Waals surface area contributed by atoms with Gasteiger partial charge in [-0.25, -0.2) is 4.90 Å². The normalized spacial score (nSPS) is 15.3. The first-order valence-corrected chi connectivity index (χ1v) is 7.98. The summed E-state index contributed by atoms with van der Waals surface area (Å²) >= 11 is 5.33. The van der Waals surface area contributed by atoms with E-state index in [9.17, 15) is 9.59 Å². The molecule has 0 saturated carbocycles. The van der Waals surface area contributed by atoms with E-state index in [2.05, 4.69) is 18.7 Å². The molecular weight excluding hydrogens is 298 g/mol. The van der Waals surface area contributed by atoms with Crippen molar-refractivity contribution in [2.45, 2.75) is 20.3 Å². The minimum atomic E-state index is -0.570. The molecule has 22 heavy (non-hydrogen) atoms. The van der Waals surface area contributed by atoms with Gasteiger partial charge < -0.3 is 4.90 Å². The summed E-state index contributed by atoms with van der Waals surface area (Å²) in [5.41, 5.74) is 0.636. The Hall–Kier alpha value is -1.79. The number of amides is 2. The zero-order chi connectivity index (χ0) is 16.1. The van der Waals surface area contributed by atoms with Gasteiger partial charge in [-0.1, -0.05) is 32.0 Å². The number of para-hydroxylation sites is 1. The number of hydrogen-bond donors (Lipinski definition) is 0. The molecule has 1 aliphatic rings. The smallest absolute Gasteiger partial charge is 0.304 e. The molecule has 2 amide bonds. The number of rotatable bonds is 7. The number of thiocarbonyl (C=S) groups is 1. The highest BCUT2D eigenvalue weighted by atomic mass is 32.1. The fourth-order valence-electron chi connectivity index (χ4n) is 2.50. The van der Waals surface area contributed by atoms with Gasteiger partial charge in [0.25, 0.3) is 0 Å². The van der Waals surface area contributed by atoms with Gasteiger partial charge in [-0.3, -0.25) is 14.5 Å². The van der Waals surface area contributed by atoms with Crippen LogP contribution in [0.1, 0.15) is 20.3 Å². The Morgan fingerprint density at radius 1 is 1.05 bits per heavy atom. The molecule has 0 atom stereocenters. The topological polar surface area (TPSA) is 43.9 Å². The van der Waals surface area contributed by atoms with E-state index in [0.29, 0.717) is 12.2 Å². The molecule has 1 saturated heterocycles. The highest BCUT2D eigenvalue weighted by molar-refractivity contribution is 7.80. The van der Waals surface area contributed by atoms with E-state index >= 15 is 0 Å². The molecule has 1 aromatic rings. The Morgan fingerprint density at radius 3 is 2.27 bits per heavy atom. The molecular formula is C16H21N3O2S. The van der Waals surface area contributed by atoms with E-state index in [-0.39, 0.29) is 5.11 Å². The highest BCUT2D eigenvalue weighted by Crippen LogP contribution is 2.22. The largest absolute Gasteiger partial charge is 0.323 e. The summed E-state index contributed by atoms with van der Waals surface area (Å²) in [5, 5.41) is 0.278. The molecule has 1 aliphatic heterocycles. The average Bonchev–Trinajstić information content (AvgIpc) is 2.75. The predicted molar refractivity (Wildman–Crippen MR) is 90.6 cm³/mol. The zero-order valence-corrected chi connectivity index (χ0v) is 13.8. The second kappa shape index (κ2) is 7.47. The Balaban J connectivity index is 2.03. The first kappa shape index (κ1) is 16.6. The Bertz CT molecular complexity index is 558. The highest BCUT2D eigenvalue weighted by Gasteiger charge is 2.41. The lowest BCUT2D eigenvalue weighted by Gasteiger charge is -2.21. The quantitative estimate of drug-likeness (QED) is 0.568. The van der Waals surface area contributed by atoms with Crippen molar-refractivity contribution in [3.63, 3.8) is 0 Å². The van der Waals surface area contributed by atoms with Crippen molar-refractivity contribution in [2.75, 3.05) is 31.1 Å². The summed E-state index contributed by atoms with van der Waals surface area (Å²) < 4.78 is 0. The van der Waals surface area contributed by atoms with Gasteiger partial charge in [0.15, 0.2) is 5.11 Å². The molecule has 6 heteroatoms. The average molecular weight is 319 g/mol. The van der Waals surface area contributed by atoms with E-state index in [1.54, 1.807) is 12.1 Å². The van der Waals surface area contributed by atoms with Crippen LogP contribution in [-0.4, -0.2) is 52.9 Å². The molecule has 1 fully saturated rings. The van der Waals surface area contributed by atoms with Gasteiger partial charge in [0, 0.05) is 6.54 Å². The van der Waals surface area contributed by atoms with Crippen molar-refractivity contribution in [3.8, 4) is 0 Å². The molecule has 0 N–H and O–H groups in total. The van der Waals surface area contributed by atoms with Crippen molar-refractivity contribution in [2.24, 2.45) is 0 Å². The molecule has 0 bridgehead atoms. The van der Waals surface area contributed by atoms with Crippen LogP contribution >= 0.6 is 12.2 Å². The molecule has 1 heterocycles. The summed E-state index contributed by atoms with van der Waals surface area (Å²) in [4.78, 5) is 29.3. The lowest BCUT2D eigenvalue weighted by Crippen LogP contribution is -2.35. The molecule has 0 radical (unpaired) electrons. The van der Waals surface area contributed by atoms with Crippen LogP contribution in [0.2, 0.25) is 0 Å². The third kappa shape index (κ3) is 3.34.